The zero-order chi connectivity index (χ0) is 21.7. The van der Waals surface area contributed by atoms with E-state index >= 15 is 0 Å². The van der Waals surface area contributed by atoms with Gasteiger partial charge in [-0.15, -0.1) is 0 Å². The van der Waals surface area contributed by atoms with Crippen LogP contribution >= 0.6 is 0 Å². The highest BCUT2D eigenvalue weighted by molar-refractivity contribution is 5.87. The largest absolute Gasteiger partial charge is 0.381 e. The second-order valence-corrected chi connectivity index (χ2v) is 8.30. The van der Waals surface area contributed by atoms with E-state index in [9.17, 15) is 9.65 Å². The first-order valence-electron chi connectivity index (χ1n) is 10.7. The summed E-state index contributed by atoms with van der Waals surface area (Å²) in [6.07, 6.45) is 6.08. The minimum Gasteiger partial charge on any atom is -0.381 e. The first kappa shape index (κ1) is 21.3. The predicted molar refractivity (Wildman–Crippen MR) is 118 cm³/mol. The van der Waals surface area contributed by atoms with Crippen molar-refractivity contribution < 1.29 is 9.13 Å². The lowest BCUT2D eigenvalue weighted by atomic mass is 9.82. The van der Waals surface area contributed by atoms with E-state index in [2.05, 4.69) is 26.3 Å². The molecule has 0 amide bonds. The molecule has 162 valence electrons. The SMILES string of the molecule is N#CC1(CNc2cccc(-c3cc(N=C4CCC(N)CC4)ncc3F)n2)CCOCC1. The van der Waals surface area contributed by atoms with Gasteiger partial charge in [-0.25, -0.2) is 19.4 Å². The Morgan fingerprint density at radius 2 is 2.06 bits per heavy atom. The monoisotopic (exact) mass is 422 g/mol. The summed E-state index contributed by atoms with van der Waals surface area (Å²) in [5.74, 6) is 0.633. The van der Waals surface area contributed by atoms with E-state index < -0.39 is 11.2 Å². The first-order chi connectivity index (χ1) is 15.1. The van der Waals surface area contributed by atoms with Crippen LogP contribution in [-0.4, -0.2) is 41.5 Å². The molecule has 0 spiro atoms. The Morgan fingerprint density at radius 3 is 2.81 bits per heavy atom. The Balaban J connectivity index is 1.52. The second kappa shape index (κ2) is 9.50. The third-order valence-electron chi connectivity index (χ3n) is 6.04. The molecule has 0 aromatic carbocycles. The Bertz CT molecular complexity index is 986. The van der Waals surface area contributed by atoms with Crippen molar-refractivity contribution in [2.24, 2.45) is 16.1 Å². The van der Waals surface area contributed by atoms with Gasteiger partial charge in [0.1, 0.15) is 5.82 Å². The topological polar surface area (TPSA) is 109 Å². The van der Waals surface area contributed by atoms with Crippen molar-refractivity contribution in [1.29, 1.82) is 5.26 Å². The van der Waals surface area contributed by atoms with Crippen LogP contribution in [0.5, 0.6) is 0 Å². The lowest BCUT2D eigenvalue weighted by Gasteiger charge is -2.30. The number of hydrogen-bond acceptors (Lipinski definition) is 7. The molecular formula is C23H27FN6O. The number of nitrogens with one attached hydrogen (secondary N) is 1. The number of halogens is 1. The van der Waals surface area contributed by atoms with Crippen LogP contribution in [0.2, 0.25) is 0 Å². The van der Waals surface area contributed by atoms with E-state index in [1.807, 2.05) is 12.1 Å². The lowest BCUT2D eigenvalue weighted by molar-refractivity contribution is 0.0455. The molecule has 0 radical (unpaired) electrons. The van der Waals surface area contributed by atoms with Gasteiger partial charge in [-0.3, -0.25) is 0 Å². The van der Waals surface area contributed by atoms with Crippen LogP contribution in [0.1, 0.15) is 38.5 Å². The molecule has 2 fully saturated rings. The van der Waals surface area contributed by atoms with Gasteiger partial charge in [0.2, 0.25) is 0 Å². The van der Waals surface area contributed by atoms with Gasteiger partial charge in [0, 0.05) is 37.1 Å². The summed E-state index contributed by atoms with van der Waals surface area (Å²) >= 11 is 0. The summed E-state index contributed by atoms with van der Waals surface area (Å²) < 4.78 is 19.9. The number of anilines is 1. The molecule has 1 saturated carbocycles. The van der Waals surface area contributed by atoms with E-state index in [4.69, 9.17) is 10.5 Å². The highest BCUT2D eigenvalue weighted by atomic mass is 19.1. The van der Waals surface area contributed by atoms with Crippen LogP contribution < -0.4 is 11.1 Å². The summed E-state index contributed by atoms with van der Waals surface area (Å²) in [4.78, 5) is 13.3. The first-order valence-corrected chi connectivity index (χ1v) is 10.7. The zero-order valence-corrected chi connectivity index (χ0v) is 17.5. The number of rotatable bonds is 5. The van der Waals surface area contributed by atoms with Crippen LogP contribution in [0.4, 0.5) is 16.0 Å². The molecule has 3 N–H and O–H groups in total. The quantitative estimate of drug-likeness (QED) is 0.754. The number of aliphatic imine (C=N–C) groups is 1. The molecule has 3 heterocycles. The van der Waals surface area contributed by atoms with Crippen molar-refractivity contribution in [3.05, 3.63) is 36.3 Å². The van der Waals surface area contributed by atoms with E-state index in [0.717, 1.165) is 31.4 Å². The molecule has 2 aromatic heterocycles. The Labute approximate surface area is 181 Å². The summed E-state index contributed by atoms with van der Waals surface area (Å²) in [6, 6.07) is 9.70. The van der Waals surface area contributed by atoms with Crippen molar-refractivity contribution in [3.8, 4) is 17.3 Å². The maximum absolute atomic E-state index is 14.6. The lowest BCUT2D eigenvalue weighted by Crippen LogP contribution is -2.34. The average molecular weight is 423 g/mol. The van der Waals surface area contributed by atoms with Gasteiger partial charge in [-0.1, -0.05) is 6.07 Å². The fourth-order valence-electron chi connectivity index (χ4n) is 3.97. The van der Waals surface area contributed by atoms with Crippen molar-refractivity contribution in [3.63, 3.8) is 0 Å². The highest BCUT2D eigenvalue weighted by Crippen LogP contribution is 2.31. The Kier molecular flexibility index (Phi) is 6.54. The molecule has 2 aromatic rings. The summed E-state index contributed by atoms with van der Waals surface area (Å²) in [5.41, 5.74) is 7.38. The number of pyridine rings is 2. The number of nitrogens with zero attached hydrogens (tertiary/aromatic N) is 4. The fraction of sp³-hybridized carbons (Fsp3) is 0.478. The molecule has 1 saturated heterocycles. The molecule has 1 aliphatic carbocycles. The maximum atomic E-state index is 14.6. The van der Waals surface area contributed by atoms with Crippen molar-refractivity contribution in [2.45, 2.75) is 44.6 Å². The van der Waals surface area contributed by atoms with E-state index in [0.29, 0.717) is 55.5 Å². The Hall–Kier alpha value is -2.89. The van der Waals surface area contributed by atoms with Gasteiger partial charge < -0.3 is 15.8 Å². The van der Waals surface area contributed by atoms with E-state index in [-0.39, 0.29) is 6.04 Å². The van der Waals surface area contributed by atoms with E-state index in [1.165, 1.54) is 6.20 Å². The molecule has 8 heteroatoms. The van der Waals surface area contributed by atoms with Crippen LogP contribution in [0.3, 0.4) is 0 Å². The van der Waals surface area contributed by atoms with Gasteiger partial charge in [0.15, 0.2) is 11.6 Å². The van der Waals surface area contributed by atoms with Crippen LogP contribution in [-0.2, 0) is 4.74 Å². The van der Waals surface area contributed by atoms with Gasteiger partial charge in [-0.2, -0.15) is 5.26 Å². The minimum atomic E-state index is -0.469. The van der Waals surface area contributed by atoms with Crippen LogP contribution in [0.15, 0.2) is 35.5 Å². The van der Waals surface area contributed by atoms with Gasteiger partial charge >= 0.3 is 0 Å². The molecule has 1 aliphatic heterocycles. The van der Waals surface area contributed by atoms with Crippen LogP contribution in [0, 0.1) is 22.6 Å². The number of nitrogens with two attached hydrogens (primary N) is 1. The molecule has 2 aliphatic rings. The number of ether oxygens (including phenoxy) is 1. The molecule has 31 heavy (non-hydrogen) atoms. The standard InChI is InChI=1S/C23H27FN6O/c24-19-13-27-22(29-17-6-4-16(26)5-7-17)12-18(19)20-2-1-3-21(30-20)28-15-23(14-25)8-10-31-11-9-23/h1-3,12-13,16H,4-11,15,26H2,(H,28,30). The predicted octanol–water partition coefficient (Wildman–Crippen LogP) is 3.99. The van der Waals surface area contributed by atoms with Crippen molar-refractivity contribution in [2.75, 3.05) is 25.1 Å². The normalized spacial score (nSPS) is 20.7. The van der Waals surface area contributed by atoms with Gasteiger partial charge in [0.05, 0.1) is 23.4 Å². The molecular weight excluding hydrogens is 395 g/mol. The second-order valence-electron chi connectivity index (χ2n) is 8.30. The van der Waals surface area contributed by atoms with Crippen molar-refractivity contribution >= 4 is 17.3 Å². The molecule has 0 bridgehead atoms. The summed E-state index contributed by atoms with van der Waals surface area (Å²) in [6.45, 7) is 1.65. The van der Waals surface area contributed by atoms with E-state index in [1.54, 1.807) is 12.1 Å². The van der Waals surface area contributed by atoms with Gasteiger partial charge in [-0.05, 0) is 56.7 Å². The third kappa shape index (κ3) is 5.24. The van der Waals surface area contributed by atoms with Crippen molar-refractivity contribution in [1.82, 2.24) is 9.97 Å². The fourth-order valence-corrected chi connectivity index (χ4v) is 3.97. The smallest absolute Gasteiger partial charge is 0.152 e. The average Bonchev–Trinajstić information content (AvgIpc) is 2.81. The summed E-state index contributed by atoms with van der Waals surface area (Å²) in [5, 5.41) is 12.9. The molecule has 0 atom stereocenters. The number of hydrogen-bond donors (Lipinski definition) is 2. The van der Waals surface area contributed by atoms with Crippen LogP contribution in [0.25, 0.3) is 11.3 Å². The maximum Gasteiger partial charge on any atom is 0.152 e. The molecule has 0 unspecified atom stereocenters. The number of aromatic nitrogens is 2. The molecule has 7 nitrogen and oxygen atoms in total. The number of nitriles is 1. The summed E-state index contributed by atoms with van der Waals surface area (Å²) in [7, 11) is 0. The third-order valence-corrected chi connectivity index (χ3v) is 6.04. The highest BCUT2D eigenvalue weighted by Gasteiger charge is 2.32. The Morgan fingerprint density at radius 1 is 1.29 bits per heavy atom. The molecule has 4 rings (SSSR count). The zero-order valence-electron chi connectivity index (χ0n) is 17.5. The minimum absolute atomic E-state index is 0.233. The van der Waals surface area contributed by atoms with Gasteiger partial charge in [0.25, 0.3) is 0 Å².